The van der Waals surface area contributed by atoms with Crippen LogP contribution in [-0.2, 0) is 4.79 Å². The third-order valence-corrected chi connectivity index (χ3v) is 3.07. The Morgan fingerprint density at radius 3 is 2.95 bits per heavy atom. The topological polar surface area (TPSA) is 40.5 Å². The Morgan fingerprint density at radius 1 is 1.47 bits per heavy atom. The molecule has 1 aromatic rings. The van der Waals surface area contributed by atoms with Gasteiger partial charge in [-0.05, 0) is 25.5 Å². The fourth-order valence-corrected chi connectivity index (χ4v) is 2.26. The molecule has 0 saturated carbocycles. The average molecular weight is 261 g/mol. The summed E-state index contributed by atoms with van der Waals surface area (Å²) < 4.78 is 14.0. The number of halogens is 1. The van der Waals surface area contributed by atoms with Gasteiger partial charge in [0, 0.05) is 24.7 Å². The SMILES string of the molecule is CC1=CCCN(c2c(F)cccc2/C=C/C(=O)O)C1. The Hall–Kier alpha value is -2.10. The van der Waals surface area contributed by atoms with Gasteiger partial charge in [0.15, 0.2) is 0 Å². The van der Waals surface area contributed by atoms with Gasteiger partial charge in [-0.15, -0.1) is 0 Å². The van der Waals surface area contributed by atoms with Gasteiger partial charge in [0.1, 0.15) is 5.82 Å². The van der Waals surface area contributed by atoms with Gasteiger partial charge in [0.05, 0.1) is 5.69 Å². The lowest BCUT2D eigenvalue weighted by Crippen LogP contribution is -2.30. The van der Waals surface area contributed by atoms with Crippen molar-refractivity contribution in [2.24, 2.45) is 0 Å². The predicted molar refractivity (Wildman–Crippen MR) is 73.7 cm³/mol. The van der Waals surface area contributed by atoms with E-state index in [4.69, 9.17) is 5.11 Å². The molecule has 0 unspecified atom stereocenters. The second-order valence-corrected chi connectivity index (χ2v) is 4.61. The van der Waals surface area contributed by atoms with Crippen molar-refractivity contribution in [2.45, 2.75) is 13.3 Å². The number of hydrogen-bond acceptors (Lipinski definition) is 2. The summed E-state index contributed by atoms with van der Waals surface area (Å²) in [4.78, 5) is 12.5. The quantitative estimate of drug-likeness (QED) is 0.671. The molecule has 3 nitrogen and oxygen atoms in total. The molecule has 0 radical (unpaired) electrons. The van der Waals surface area contributed by atoms with E-state index in [2.05, 4.69) is 6.08 Å². The molecule has 1 aromatic carbocycles. The summed E-state index contributed by atoms with van der Waals surface area (Å²) in [6, 6.07) is 4.72. The number of rotatable bonds is 3. The van der Waals surface area contributed by atoms with Crippen LogP contribution in [0.3, 0.4) is 0 Å². The Labute approximate surface area is 111 Å². The zero-order valence-electron chi connectivity index (χ0n) is 10.8. The zero-order chi connectivity index (χ0) is 13.8. The molecule has 4 heteroatoms. The smallest absolute Gasteiger partial charge is 0.328 e. The van der Waals surface area contributed by atoms with Crippen molar-refractivity contribution in [1.29, 1.82) is 0 Å². The van der Waals surface area contributed by atoms with Crippen molar-refractivity contribution in [3.05, 3.63) is 47.3 Å². The maximum absolute atomic E-state index is 14.0. The fourth-order valence-electron chi connectivity index (χ4n) is 2.26. The summed E-state index contributed by atoms with van der Waals surface area (Å²) in [5.74, 6) is -1.35. The summed E-state index contributed by atoms with van der Waals surface area (Å²) >= 11 is 0. The molecule has 1 aliphatic heterocycles. The maximum atomic E-state index is 14.0. The first-order valence-corrected chi connectivity index (χ1v) is 6.18. The lowest BCUT2D eigenvalue weighted by Gasteiger charge is -2.30. The summed E-state index contributed by atoms with van der Waals surface area (Å²) in [6.07, 6.45) is 5.49. The molecule has 0 bridgehead atoms. The molecule has 1 heterocycles. The van der Waals surface area contributed by atoms with Crippen molar-refractivity contribution >= 4 is 17.7 Å². The van der Waals surface area contributed by atoms with Crippen LogP contribution in [-0.4, -0.2) is 24.2 Å². The monoisotopic (exact) mass is 261 g/mol. The highest BCUT2D eigenvalue weighted by atomic mass is 19.1. The second-order valence-electron chi connectivity index (χ2n) is 4.61. The highest BCUT2D eigenvalue weighted by Gasteiger charge is 2.17. The maximum Gasteiger partial charge on any atom is 0.328 e. The van der Waals surface area contributed by atoms with E-state index in [0.29, 0.717) is 17.8 Å². The van der Waals surface area contributed by atoms with E-state index in [9.17, 15) is 9.18 Å². The third-order valence-electron chi connectivity index (χ3n) is 3.07. The number of aliphatic carboxylic acids is 1. The Bertz CT molecular complexity index is 549. The van der Waals surface area contributed by atoms with Crippen LogP contribution in [0.4, 0.5) is 10.1 Å². The van der Waals surface area contributed by atoms with Crippen LogP contribution in [0.2, 0.25) is 0 Å². The summed E-state index contributed by atoms with van der Waals surface area (Å²) in [6.45, 7) is 3.43. The molecule has 0 aromatic heterocycles. The van der Waals surface area contributed by atoms with E-state index in [1.54, 1.807) is 12.1 Å². The predicted octanol–water partition coefficient (Wildman–Crippen LogP) is 3.08. The number of carboxylic acids is 1. The summed E-state index contributed by atoms with van der Waals surface area (Å²) in [5, 5.41) is 8.68. The molecule has 0 saturated heterocycles. The van der Waals surface area contributed by atoms with Gasteiger partial charge in [-0.2, -0.15) is 0 Å². The minimum atomic E-state index is -1.04. The van der Waals surface area contributed by atoms with Gasteiger partial charge in [0.25, 0.3) is 0 Å². The first-order chi connectivity index (χ1) is 9.08. The van der Waals surface area contributed by atoms with Gasteiger partial charge in [-0.3, -0.25) is 0 Å². The first-order valence-electron chi connectivity index (χ1n) is 6.18. The lowest BCUT2D eigenvalue weighted by molar-refractivity contribution is -0.131. The number of benzene rings is 1. The molecule has 2 rings (SSSR count). The number of anilines is 1. The highest BCUT2D eigenvalue weighted by molar-refractivity contribution is 5.87. The molecule has 0 aliphatic carbocycles. The van der Waals surface area contributed by atoms with Crippen molar-refractivity contribution in [3.8, 4) is 0 Å². The van der Waals surface area contributed by atoms with E-state index in [-0.39, 0.29) is 5.82 Å². The largest absolute Gasteiger partial charge is 0.478 e. The number of carbonyl (C=O) groups is 1. The minimum absolute atomic E-state index is 0.317. The van der Waals surface area contributed by atoms with Gasteiger partial charge in [0.2, 0.25) is 0 Å². The van der Waals surface area contributed by atoms with Crippen LogP contribution in [0.1, 0.15) is 18.9 Å². The van der Waals surface area contributed by atoms with Crippen LogP contribution in [0.5, 0.6) is 0 Å². The Kier molecular flexibility index (Phi) is 4.00. The van der Waals surface area contributed by atoms with Crippen LogP contribution in [0.25, 0.3) is 6.08 Å². The van der Waals surface area contributed by atoms with E-state index >= 15 is 0 Å². The van der Waals surface area contributed by atoms with Crippen LogP contribution < -0.4 is 4.90 Å². The number of nitrogens with zero attached hydrogens (tertiary/aromatic N) is 1. The van der Waals surface area contributed by atoms with Gasteiger partial charge < -0.3 is 10.0 Å². The molecule has 0 spiro atoms. The minimum Gasteiger partial charge on any atom is -0.478 e. The Morgan fingerprint density at radius 2 is 2.26 bits per heavy atom. The normalized spacial score (nSPS) is 15.7. The standard InChI is InChI=1S/C15H16FNO2/c1-11-4-3-9-17(10-11)15-12(7-8-14(18)19)5-2-6-13(15)16/h2,4-8H,3,9-10H2,1H3,(H,18,19)/b8-7+. The first kappa shape index (κ1) is 13.3. The molecule has 0 amide bonds. The van der Waals surface area contributed by atoms with Crippen LogP contribution >= 0.6 is 0 Å². The third kappa shape index (κ3) is 3.22. The molecular weight excluding hydrogens is 245 g/mol. The molecule has 100 valence electrons. The van der Waals surface area contributed by atoms with E-state index < -0.39 is 5.97 Å². The van der Waals surface area contributed by atoms with Crippen LogP contribution in [0.15, 0.2) is 35.9 Å². The number of hydrogen-bond donors (Lipinski definition) is 1. The van der Waals surface area contributed by atoms with Crippen molar-refractivity contribution in [1.82, 2.24) is 0 Å². The summed E-state index contributed by atoms with van der Waals surface area (Å²) in [7, 11) is 0. The van der Waals surface area contributed by atoms with Crippen LogP contribution in [0, 0.1) is 5.82 Å². The fraction of sp³-hybridized carbons (Fsp3) is 0.267. The molecule has 1 N–H and O–H groups in total. The lowest BCUT2D eigenvalue weighted by atomic mass is 10.1. The van der Waals surface area contributed by atoms with Gasteiger partial charge in [-0.25, -0.2) is 9.18 Å². The molecule has 0 atom stereocenters. The second kappa shape index (κ2) is 5.69. The molecule has 1 aliphatic rings. The summed E-state index contributed by atoms with van der Waals surface area (Å²) in [5.41, 5.74) is 2.27. The van der Waals surface area contributed by atoms with Crippen molar-refractivity contribution in [3.63, 3.8) is 0 Å². The molecule has 19 heavy (non-hydrogen) atoms. The number of carboxylic acid groups (broad SMARTS) is 1. The molecular formula is C15H16FNO2. The van der Waals surface area contributed by atoms with Crippen molar-refractivity contribution in [2.75, 3.05) is 18.0 Å². The molecule has 0 fully saturated rings. The average Bonchev–Trinajstić information content (AvgIpc) is 2.36. The van der Waals surface area contributed by atoms with Gasteiger partial charge in [-0.1, -0.05) is 23.8 Å². The van der Waals surface area contributed by atoms with E-state index in [1.165, 1.54) is 17.7 Å². The van der Waals surface area contributed by atoms with E-state index in [0.717, 1.165) is 19.0 Å². The highest BCUT2D eigenvalue weighted by Crippen LogP contribution is 2.28. The number of para-hydroxylation sites is 1. The van der Waals surface area contributed by atoms with Crippen molar-refractivity contribution < 1.29 is 14.3 Å². The van der Waals surface area contributed by atoms with E-state index in [1.807, 2.05) is 11.8 Å². The van der Waals surface area contributed by atoms with Gasteiger partial charge >= 0.3 is 5.97 Å². The Balaban J connectivity index is 2.38. The zero-order valence-corrected chi connectivity index (χ0v) is 10.8.